The summed E-state index contributed by atoms with van der Waals surface area (Å²) in [5.74, 6) is -1.03. The lowest BCUT2D eigenvalue weighted by atomic mass is 9.93. The fourth-order valence-corrected chi connectivity index (χ4v) is 2.20. The van der Waals surface area contributed by atoms with Gasteiger partial charge in [-0.15, -0.1) is 0 Å². The van der Waals surface area contributed by atoms with Crippen LogP contribution in [0, 0.1) is 5.92 Å². The molecular formula is C17H18O2. The van der Waals surface area contributed by atoms with Gasteiger partial charge >= 0.3 is 5.97 Å². The SMILES string of the molecule is O=C(O)C(CCc1ccccc1)Cc1ccccc1. The Morgan fingerprint density at radius 2 is 1.42 bits per heavy atom. The number of carboxylic acid groups (broad SMARTS) is 1. The Hall–Kier alpha value is -2.09. The maximum absolute atomic E-state index is 11.3. The molecule has 0 fully saturated rings. The highest BCUT2D eigenvalue weighted by atomic mass is 16.4. The van der Waals surface area contributed by atoms with Crippen LogP contribution in [0.5, 0.6) is 0 Å². The number of benzene rings is 2. The van der Waals surface area contributed by atoms with E-state index in [9.17, 15) is 9.90 Å². The molecule has 1 atom stereocenters. The van der Waals surface area contributed by atoms with Crippen LogP contribution in [0.1, 0.15) is 17.5 Å². The molecule has 0 amide bonds. The van der Waals surface area contributed by atoms with Gasteiger partial charge in [0.25, 0.3) is 0 Å². The van der Waals surface area contributed by atoms with Crippen LogP contribution >= 0.6 is 0 Å². The van der Waals surface area contributed by atoms with Gasteiger partial charge in [-0.3, -0.25) is 4.79 Å². The molecule has 0 radical (unpaired) electrons. The number of rotatable bonds is 6. The van der Waals surface area contributed by atoms with Crippen LogP contribution < -0.4 is 0 Å². The summed E-state index contributed by atoms with van der Waals surface area (Å²) in [5, 5.41) is 9.31. The smallest absolute Gasteiger partial charge is 0.306 e. The van der Waals surface area contributed by atoms with E-state index in [-0.39, 0.29) is 5.92 Å². The minimum Gasteiger partial charge on any atom is -0.481 e. The Morgan fingerprint density at radius 1 is 0.895 bits per heavy atom. The monoisotopic (exact) mass is 254 g/mol. The molecule has 0 aliphatic carbocycles. The van der Waals surface area contributed by atoms with E-state index in [1.807, 2.05) is 60.7 Å². The van der Waals surface area contributed by atoms with Crippen molar-refractivity contribution in [2.24, 2.45) is 5.92 Å². The molecule has 2 heteroatoms. The van der Waals surface area contributed by atoms with Crippen molar-refractivity contribution in [3.8, 4) is 0 Å². The maximum Gasteiger partial charge on any atom is 0.306 e. The zero-order valence-electron chi connectivity index (χ0n) is 10.8. The van der Waals surface area contributed by atoms with E-state index in [2.05, 4.69) is 0 Å². The van der Waals surface area contributed by atoms with Crippen LogP contribution in [0.25, 0.3) is 0 Å². The van der Waals surface area contributed by atoms with Crippen molar-refractivity contribution in [2.45, 2.75) is 19.3 Å². The van der Waals surface area contributed by atoms with Gasteiger partial charge < -0.3 is 5.11 Å². The first-order valence-corrected chi connectivity index (χ1v) is 6.56. The van der Waals surface area contributed by atoms with Crippen molar-refractivity contribution >= 4 is 5.97 Å². The Balaban J connectivity index is 1.95. The summed E-state index contributed by atoms with van der Waals surface area (Å²) in [6, 6.07) is 19.9. The highest BCUT2D eigenvalue weighted by molar-refractivity contribution is 5.70. The lowest BCUT2D eigenvalue weighted by Crippen LogP contribution is -2.17. The van der Waals surface area contributed by atoms with Crippen LogP contribution in [0.15, 0.2) is 60.7 Å². The van der Waals surface area contributed by atoms with E-state index in [4.69, 9.17) is 0 Å². The van der Waals surface area contributed by atoms with Gasteiger partial charge in [0.1, 0.15) is 0 Å². The van der Waals surface area contributed by atoms with E-state index < -0.39 is 5.97 Å². The molecule has 0 spiro atoms. The molecule has 0 saturated heterocycles. The fraction of sp³-hybridized carbons (Fsp3) is 0.235. The Labute approximate surface area is 113 Å². The largest absolute Gasteiger partial charge is 0.481 e. The summed E-state index contributed by atoms with van der Waals surface area (Å²) in [4.78, 5) is 11.3. The second-order valence-corrected chi connectivity index (χ2v) is 4.75. The van der Waals surface area contributed by atoms with Crippen molar-refractivity contribution in [3.05, 3.63) is 71.8 Å². The van der Waals surface area contributed by atoms with Crippen molar-refractivity contribution in [3.63, 3.8) is 0 Å². The number of hydrogen-bond acceptors (Lipinski definition) is 1. The fourth-order valence-electron chi connectivity index (χ4n) is 2.20. The third kappa shape index (κ3) is 4.25. The molecule has 0 saturated carbocycles. The third-order valence-corrected chi connectivity index (χ3v) is 3.30. The van der Waals surface area contributed by atoms with Gasteiger partial charge in [-0.25, -0.2) is 0 Å². The highest BCUT2D eigenvalue weighted by Gasteiger charge is 2.17. The minimum absolute atomic E-state index is 0.317. The van der Waals surface area contributed by atoms with E-state index in [0.717, 1.165) is 12.0 Å². The Bertz CT molecular complexity index is 505. The topological polar surface area (TPSA) is 37.3 Å². The first kappa shape index (κ1) is 13.3. The number of aryl methyl sites for hydroxylation is 1. The molecule has 2 rings (SSSR count). The number of carboxylic acids is 1. The molecule has 1 unspecified atom stereocenters. The molecule has 0 aliphatic rings. The van der Waals surface area contributed by atoms with Crippen molar-refractivity contribution < 1.29 is 9.90 Å². The lowest BCUT2D eigenvalue weighted by Gasteiger charge is -2.12. The van der Waals surface area contributed by atoms with Crippen LogP contribution in [0.2, 0.25) is 0 Å². The van der Waals surface area contributed by atoms with Crippen molar-refractivity contribution in [2.75, 3.05) is 0 Å². The first-order valence-electron chi connectivity index (χ1n) is 6.56. The molecule has 0 aromatic heterocycles. The number of aliphatic carboxylic acids is 1. The molecule has 98 valence electrons. The summed E-state index contributed by atoms with van der Waals surface area (Å²) in [5.41, 5.74) is 2.28. The second kappa shape index (κ2) is 6.74. The standard InChI is InChI=1S/C17H18O2/c18-17(19)16(13-15-9-5-2-6-10-15)12-11-14-7-3-1-4-8-14/h1-10,16H,11-13H2,(H,18,19). The van der Waals surface area contributed by atoms with Crippen molar-refractivity contribution in [1.29, 1.82) is 0 Å². The lowest BCUT2D eigenvalue weighted by molar-refractivity contribution is -0.141. The predicted octanol–water partition coefficient (Wildman–Crippen LogP) is 3.56. The second-order valence-electron chi connectivity index (χ2n) is 4.75. The van der Waals surface area contributed by atoms with Crippen molar-refractivity contribution in [1.82, 2.24) is 0 Å². The third-order valence-electron chi connectivity index (χ3n) is 3.30. The van der Waals surface area contributed by atoms with Crippen LogP contribution in [-0.2, 0) is 17.6 Å². The van der Waals surface area contributed by atoms with Gasteiger partial charge in [-0.2, -0.15) is 0 Å². The molecule has 2 aromatic carbocycles. The zero-order chi connectivity index (χ0) is 13.5. The molecule has 2 aromatic rings. The van der Waals surface area contributed by atoms with Gasteiger partial charge in [0.15, 0.2) is 0 Å². The number of hydrogen-bond donors (Lipinski definition) is 1. The molecule has 1 N–H and O–H groups in total. The molecule has 0 bridgehead atoms. The Morgan fingerprint density at radius 3 is 1.95 bits per heavy atom. The summed E-state index contributed by atoms with van der Waals surface area (Å²) >= 11 is 0. The van der Waals surface area contributed by atoms with Gasteiger partial charge in [0.05, 0.1) is 5.92 Å². The quantitative estimate of drug-likeness (QED) is 0.855. The number of carbonyl (C=O) groups is 1. The summed E-state index contributed by atoms with van der Waals surface area (Å²) in [6.45, 7) is 0. The normalized spacial score (nSPS) is 12.0. The molecule has 19 heavy (non-hydrogen) atoms. The first-order chi connectivity index (χ1) is 9.25. The molecule has 2 nitrogen and oxygen atoms in total. The average Bonchev–Trinajstić information content (AvgIpc) is 2.45. The van der Waals surface area contributed by atoms with Crippen LogP contribution in [0.4, 0.5) is 0 Å². The zero-order valence-corrected chi connectivity index (χ0v) is 10.8. The average molecular weight is 254 g/mol. The van der Waals surface area contributed by atoms with Gasteiger partial charge in [-0.05, 0) is 30.4 Å². The molecular weight excluding hydrogens is 236 g/mol. The van der Waals surface area contributed by atoms with Gasteiger partial charge in [0.2, 0.25) is 0 Å². The van der Waals surface area contributed by atoms with Gasteiger partial charge in [0, 0.05) is 0 Å². The van der Waals surface area contributed by atoms with E-state index in [1.165, 1.54) is 5.56 Å². The summed E-state index contributed by atoms with van der Waals surface area (Å²) < 4.78 is 0. The summed E-state index contributed by atoms with van der Waals surface area (Å²) in [6.07, 6.45) is 2.09. The van der Waals surface area contributed by atoms with Crippen LogP contribution in [-0.4, -0.2) is 11.1 Å². The minimum atomic E-state index is -0.709. The highest BCUT2D eigenvalue weighted by Crippen LogP contribution is 2.16. The van der Waals surface area contributed by atoms with Crippen LogP contribution in [0.3, 0.4) is 0 Å². The summed E-state index contributed by atoms with van der Waals surface area (Å²) in [7, 11) is 0. The Kier molecular flexibility index (Phi) is 4.73. The maximum atomic E-state index is 11.3. The van der Waals surface area contributed by atoms with E-state index in [0.29, 0.717) is 12.8 Å². The molecule has 0 heterocycles. The molecule has 0 aliphatic heterocycles. The van der Waals surface area contributed by atoms with E-state index in [1.54, 1.807) is 0 Å². The van der Waals surface area contributed by atoms with E-state index >= 15 is 0 Å². The van der Waals surface area contributed by atoms with Gasteiger partial charge in [-0.1, -0.05) is 60.7 Å². The predicted molar refractivity (Wildman–Crippen MR) is 76.0 cm³/mol.